The lowest BCUT2D eigenvalue weighted by Crippen LogP contribution is -2.14. The van der Waals surface area contributed by atoms with Crippen LogP contribution in [0.1, 0.15) is 15.9 Å². The summed E-state index contributed by atoms with van der Waals surface area (Å²) in [5, 5.41) is 0. The summed E-state index contributed by atoms with van der Waals surface area (Å²) in [7, 11) is -2.56. The summed E-state index contributed by atoms with van der Waals surface area (Å²) in [5.74, 6) is 0.709. The number of nitrogens with one attached hydrogen (secondary N) is 1. The molecule has 1 N–H and O–H groups in total. The Labute approximate surface area is 182 Å². The number of Topliss-reactive ketones (excluding diaryl/α,β-unsaturated/α-hetero) is 1. The molecule has 0 amide bonds. The van der Waals surface area contributed by atoms with Crippen molar-refractivity contribution in [1.29, 1.82) is 0 Å². The van der Waals surface area contributed by atoms with Crippen molar-refractivity contribution >= 4 is 21.5 Å². The van der Waals surface area contributed by atoms with Gasteiger partial charge in [0.1, 0.15) is 11.5 Å². The van der Waals surface area contributed by atoms with Crippen molar-refractivity contribution in [2.75, 3.05) is 18.4 Å². The SMILES string of the molecule is COc1ccc(C(=O)COc2ccc(NS(=O)(=O)c3ccc(C(F)(F)F)cc3)cc2)cc1. The average Bonchev–Trinajstić information content (AvgIpc) is 2.78. The number of alkyl halides is 3. The van der Waals surface area contributed by atoms with Crippen molar-refractivity contribution in [3.8, 4) is 11.5 Å². The zero-order valence-corrected chi connectivity index (χ0v) is 17.5. The van der Waals surface area contributed by atoms with Gasteiger partial charge in [-0.2, -0.15) is 13.2 Å². The Bertz CT molecular complexity index is 1170. The molecule has 0 aliphatic rings. The van der Waals surface area contributed by atoms with Gasteiger partial charge < -0.3 is 9.47 Å². The van der Waals surface area contributed by atoms with Gasteiger partial charge in [-0.1, -0.05) is 0 Å². The fraction of sp³-hybridized carbons (Fsp3) is 0.136. The summed E-state index contributed by atoms with van der Waals surface area (Å²) in [6.45, 7) is -0.219. The minimum Gasteiger partial charge on any atom is -0.497 e. The van der Waals surface area contributed by atoms with Crippen LogP contribution in [0.4, 0.5) is 18.9 Å². The minimum absolute atomic E-state index is 0.179. The van der Waals surface area contributed by atoms with Crippen LogP contribution in [0.2, 0.25) is 0 Å². The molecule has 0 aliphatic carbocycles. The van der Waals surface area contributed by atoms with Crippen molar-refractivity contribution in [2.45, 2.75) is 11.1 Å². The van der Waals surface area contributed by atoms with E-state index in [4.69, 9.17) is 9.47 Å². The van der Waals surface area contributed by atoms with Crippen molar-refractivity contribution in [3.05, 3.63) is 83.9 Å². The Morgan fingerprint density at radius 2 is 1.44 bits per heavy atom. The zero-order chi connectivity index (χ0) is 23.4. The summed E-state index contributed by atoms with van der Waals surface area (Å²) in [5.41, 5.74) is -0.312. The molecule has 0 radical (unpaired) electrons. The molecule has 3 aromatic rings. The molecule has 0 heterocycles. The maximum Gasteiger partial charge on any atom is 0.416 e. The van der Waals surface area contributed by atoms with Gasteiger partial charge in [-0.05, 0) is 72.8 Å². The maximum atomic E-state index is 12.6. The van der Waals surface area contributed by atoms with E-state index >= 15 is 0 Å². The van der Waals surface area contributed by atoms with Gasteiger partial charge in [0.2, 0.25) is 0 Å². The van der Waals surface area contributed by atoms with Gasteiger partial charge in [-0.3, -0.25) is 9.52 Å². The third-order valence-corrected chi connectivity index (χ3v) is 5.78. The van der Waals surface area contributed by atoms with Crippen LogP contribution in [-0.2, 0) is 16.2 Å². The molecule has 3 rings (SSSR count). The topological polar surface area (TPSA) is 81.7 Å². The molecule has 32 heavy (non-hydrogen) atoms. The van der Waals surface area contributed by atoms with E-state index in [1.165, 1.54) is 31.4 Å². The normalized spacial score (nSPS) is 11.6. The molecular formula is C22H18F3NO5S. The highest BCUT2D eigenvalue weighted by molar-refractivity contribution is 7.92. The van der Waals surface area contributed by atoms with Gasteiger partial charge >= 0.3 is 6.18 Å². The Kier molecular flexibility index (Phi) is 6.73. The van der Waals surface area contributed by atoms with Crippen LogP contribution >= 0.6 is 0 Å². The molecule has 0 bridgehead atoms. The lowest BCUT2D eigenvalue weighted by molar-refractivity contribution is -0.137. The number of anilines is 1. The van der Waals surface area contributed by atoms with Crippen molar-refractivity contribution in [1.82, 2.24) is 0 Å². The predicted molar refractivity (Wildman–Crippen MR) is 112 cm³/mol. The quantitative estimate of drug-likeness (QED) is 0.485. The number of sulfonamides is 1. The molecule has 0 aliphatic heterocycles. The summed E-state index contributed by atoms with van der Waals surface area (Å²) < 4.78 is 75.4. The molecule has 0 atom stereocenters. The second kappa shape index (κ2) is 9.31. The Hall–Kier alpha value is -3.53. The molecule has 0 spiro atoms. The summed E-state index contributed by atoms with van der Waals surface area (Å²) >= 11 is 0. The first kappa shape index (κ1) is 23.1. The number of ketones is 1. The van der Waals surface area contributed by atoms with E-state index in [-0.39, 0.29) is 23.0 Å². The maximum absolute atomic E-state index is 12.6. The number of rotatable bonds is 8. The van der Waals surface area contributed by atoms with Gasteiger partial charge in [0.25, 0.3) is 10.0 Å². The molecule has 0 saturated heterocycles. The van der Waals surface area contributed by atoms with Crippen LogP contribution in [0.3, 0.4) is 0 Å². The Balaban J connectivity index is 1.60. The fourth-order valence-corrected chi connectivity index (χ4v) is 3.72. The van der Waals surface area contributed by atoms with Crippen LogP contribution in [0, 0.1) is 0 Å². The monoisotopic (exact) mass is 465 g/mol. The van der Waals surface area contributed by atoms with Crippen LogP contribution in [0.5, 0.6) is 11.5 Å². The van der Waals surface area contributed by atoms with Crippen LogP contribution in [0.15, 0.2) is 77.7 Å². The first-order valence-corrected chi connectivity index (χ1v) is 10.7. The Morgan fingerprint density at radius 3 is 1.97 bits per heavy atom. The van der Waals surface area contributed by atoms with E-state index in [0.717, 1.165) is 12.1 Å². The first-order chi connectivity index (χ1) is 15.1. The largest absolute Gasteiger partial charge is 0.497 e. The van der Waals surface area contributed by atoms with Gasteiger partial charge in [-0.25, -0.2) is 8.42 Å². The highest BCUT2D eigenvalue weighted by Gasteiger charge is 2.30. The van der Waals surface area contributed by atoms with Crippen molar-refractivity contribution in [2.24, 2.45) is 0 Å². The number of benzene rings is 3. The molecule has 168 valence electrons. The number of hydrogen-bond acceptors (Lipinski definition) is 5. The molecule has 10 heteroatoms. The van der Waals surface area contributed by atoms with Crippen LogP contribution in [0.25, 0.3) is 0 Å². The number of carbonyl (C=O) groups is 1. The molecular weight excluding hydrogens is 447 g/mol. The molecule has 3 aromatic carbocycles. The number of methoxy groups -OCH3 is 1. The number of halogens is 3. The second-order valence-electron chi connectivity index (χ2n) is 6.59. The molecule has 0 fully saturated rings. The second-order valence-corrected chi connectivity index (χ2v) is 8.27. The van der Waals surface area contributed by atoms with E-state index in [9.17, 15) is 26.4 Å². The van der Waals surface area contributed by atoms with Gasteiger partial charge in [0.05, 0.1) is 17.6 Å². The lowest BCUT2D eigenvalue weighted by Gasteiger charge is -2.11. The van der Waals surface area contributed by atoms with E-state index in [1.54, 1.807) is 24.3 Å². The zero-order valence-electron chi connectivity index (χ0n) is 16.7. The number of ether oxygens (including phenoxy) is 2. The van der Waals surface area contributed by atoms with Gasteiger partial charge in [0, 0.05) is 11.3 Å². The van der Waals surface area contributed by atoms with Gasteiger partial charge in [-0.15, -0.1) is 0 Å². The highest BCUT2D eigenvalue weighted by atomic mass is 32.2. The first-order valence-electron chi connectivity index (χ1n) is 9.19. The van der Waals surface area contributed by atoms with Crippen molar-refractivity contribution in [3.63, 3.8) is 0 Å². The summed E-state index contributed by atoms with van der Waals surface area (Å²) in [6.07, 6.45) is -4.56. The standard InChI is InChI=1S/C22H18F3NO5S/c1-30-18-8-2-15(3-9-18)21(27)14-31-19-10-6-17(7-11-19)26-32(28,29)20-12-4-16(5-13-20)22(23,24)25/h2-13,26H,14H2,1H3. The molecule has 0 saturated carbocycles. The average molecular weight is 465 g/mol. The fourth-order valence-electron chi connectivity index (χ4n) is 2.67. The minimum atomic E-state index is -4.56. The van der Waals surface area contributed by atoms with Gasteiger partial charge in [0.15, 0.2) is 12.4 Å². The Morgan fingerprint density at radius 1 is 0.875 bits per heavy atom. The molecule has 0 unspecified atom stereocenters. The van der Waals surface area contributed by atoms with Crippen LogP contribution in [-0.4, -0.2) is 27.9 Å². The number of hydrogen-bond donors (Lipinski definition) is 1. The number of carbonyl (C=O) groups excluding carboxylic acids is 1. The summed E-state index contributed by atoms with van der Waals surface area (Å²) in [4.78, 5) is 11.9. The lowest BCUT2D eigenvalue weighted by atomic mass is 10.1. The molecule has 6 nitrogen and oxygen atoms in total. The van der Waals surface area contributed by atoms with Crippen LogP contribution < -0.4 is 14.2 Å². The summed E-state index contributed by atoms with van der Waals surface area (Å²) in [6, 6.07) is 15.5. The van der Waals surface area contributed by atoms with Crippen molar-refractivity contribution < 1.29 is 35.9 Å². The smallest absolute Gasteiger partial charge is 0.416 e. The third-order valence-electron chi connectivity index (χ3n) is 4.38. The molecule has 0 aromatic heterocycles. The predicted octanol–water partition coefficient (Wildman–Crippen LogP) is 4.78. The third kappa shape index (κ3) is 5.79. The van der Waals surface area contributed by atoms with E-state index < -0.39 is 21.8 Å². The van der Waals surface area contributed by atoms with E-state index in [1.807, 2.05) is 0 Å². The highest BCUT2D eigenvalue weighted by Crippen LogP contribution is 2.30. The van der Waals surface area contributed by atoms with E-state index in [2.05, 4.69) is 4.72 Å². The van der Waals surface area contributed by atoms with E-state index in [0.29, 0.717) is 29.2 Å².